The highest BCUT2D eigenvalue weighted by Gasteiger charge is 2.34. The summed E-state index contributed by atoms with van der Waals surface area (Å²) >= 11 is 0. The highest BCUT2D eigenvalue weighted by Crippen LogP contribution is 2.25. The van der Waals surface area contributed by atoms with E-state index >= 15 is 0 Å². The largest absolute Gasteiger partial charge is 0.467 e. The van der Waals surface area contributed by atoms with Crippen LogP contribution in [0, 0.1) is 0 Å². The fraction of sp³-hybridized carbons (Fsp3) is 0.615. The molecule has 0 radical (unpaired) electrons. The van der Waals surface area contributed by atoms with Crippen molar-refractivity contribution in [2.45, 2.75) is 38.8 Å². The maximum Gasteiger partial charge on any atom is 0.240 e. The smallest absolute Gasteiger partial charge is 0.240 e. The first-order valence-electron chi connectivity index (χ1n) is 6.31. The number of nitrogens with one attached hydrogen (secondary N) is 1. The van der Waals surface area contributed by atoms with Gasteiger partial charge >= 0.3 is 0 Å². The minimum atomic E-state index is -0.00707. The van der Waals surface area contributed by atoms with E-state index in [1.807, 2.05) is 24.0 Å². The van der Waals surface area contributed by atoms with E-state index in [1.54, 1.807) is 6.26 Å². The molecule has 4 nitrogen and oxygen atoms in total. The first kappa shape index (κ1) is 12.2. The number of carbonyl (C=O) groups excluding carboxylic acids is 1. The molecule has 1 saturated heterocycles. The van der Waals surface area contributed by atoms with E-state index in [9.17, 15) is 4.79 Å². The summed E-state index contributed by atoms with van der Waals surface area (Å²) in [5.74, 6) is 1.05. The molecule has 17 heavy (non-hydrogen) atoms. The zero-order valence-electron chi connectivity index (χ0n) is 10.5. The van der Waals surface area contributed by atoms with Gasteiger partial charge in [0.05, 0.1) is 18.3 Å². The lowest BCUT2D eigenvalue weighted by Crippen LogP contribution is -2.39. The second-order valence-electron chi connectivity index (χ2n) is 4.52. The lowest BCUT2D eigenvalue weighted by atomic mass is 10.2. The average Bonchev–Trinajstić information content (AvgIpc) is 2.95. The molecule has 1 aromatic heterocycles. The van der Waals surface area contributed by atoms with Gasteiger partial charge in [0, 0.05) is 6.54 Å². The Balaban J connectivity index is 1.97. The van der Waals surface area contributed by atoms with Crippen molar-refractivity contribution in [1.29, 1.82) is 0 Å². The van der Waals surface area contributed by atoms with Crippen LogP contribution in [-0.2, 0) is 4.79 Å². The molecule has 4 heteroatoms. The Morgan fingerprint density at radius 1 is 1.65 bits per heavy atom. The molecule has 1 aromatic rings. The molecule has 2 atom stereocenters. The van der Waals surface area contributed by atoms with Gasteiger partial charge in [0.25, 0.3) is 0 Å². The number of hydrogen-bond donors (Lipinski definition) is 1. The van der Waals surface area contributed by atoms with Gasteiger partial charge < -0.3 is 14.6 Å². The number of carbonyl (C=O) groups is 1. The molecule has 2 rings (SSSR count). The zero-order chi connectivity index (χ0) is 12.3. The molecule has 2 heterocycles. The van der Waals surface area contributed by atoms with Crippen LogP contribution in [0.15, 0.2) is 22.8 Å². The van der Waals surface area contributed by atoms with Crippen LogP contribution < -0.4 is 5.32 Å². The Hall–Kier alpha value is -1.29. The molecule has 1 aliphatic rings. The number of furan rings is 1. The summed E-state index contributed by atoms with van der Waals surface area (Å²) in [5.41, 5.74) is 0. The highest BCUT2D eigenvalue weighted by atomic mass is 16.3. The molecular formula is C13H20N2O2. The Morgan fingerprint density at radius 2 is 2.47 bits per heavy atom. The van der Waals surface area contributed by atoms with Crippen molar-refractivity contribution in [1.82, 2.24) is 10.2 Å². The molecule has 0 spiro atoms. The first-order chi connectivity index (χ1) is 8.24. The van der Waals surface area contributed by atoms with E-state index in [2.05, 4.69) is 12.2 Å². The van der Waals surface area contributed by atoms with Crippen LogP contribution in [0.25, 0.3) is 0 Å². The summed E-state index contributed by atoms with van der Waals surface area (Å²) in [7, 11) is 0. The van der Waals surface area contributed by atoms with Crippen molar-refractivity contribution in [2.24, 2.45) is 0 Å². The standard InChI is InChI=1S/C13H20N2O2/c1-3-7-14-11-6-8-15(13(11)16)10(2)12-5-4-9-17-12/h4-5,9-11,14H,3,6-8H2,1-2H3. The number of rotatable bonds is 5. The van der Waals surface area contributed by atoms with Gasteiger partial charge in [0.2, 0.25) is 5.91 Å². The summed E-state index contributed by atoms with van der Waals surface area (Å²) in [4.78, 5) is 14.1. The predicted octanol–water partition coefficient (Wildman–Crippen LogP) is 1.94. The van der Waals surface area contributed by atoms with Gasteiger partial charge in [-0.25, -0.2) is 0 Å². The van der Waals surface area contributed by atoms with E-state index in [4.69, 9.17) is 4.42 Å². The minimum absolute atomic E-state index is 0.00707. The Kier molecular flexibility index (Phi) is 3.84. The average molecular weight is 236 g/mol. The molecule has 0 aliphatic carbocycles. The number of hydrogen-bond acceptors (Lipinski definition) is 3. The van der Waals surface area contributed by atoms with Gasteiger partial charge in [0.15, 0.2) is 0 Å². The molecule has 94 valence electrons. The van der Waals surface area contributed by atoms with Crippen LogP contribution in [0.1, 0.15) is 38.5 Å². The number of nitrogens with zero attached hydrogens (tertiary/aromatic N) is 1. The quantitative estimate of drug-likeness (QED) is 0.849. The van der Waals surface area contributed by atoms with E-state index in [1.165, 1.54) is 0 Å². The van der Waals surface area contributed by atoms with Gasteiger partial charge in [-0.3, -0.25) is 4.79 Å². The topological polar surface area (TPSA) is 45.5 Å². The van der Waals surface area contributed by atoms with Crippen molar-refractivity contribution in [3.05, 3.63) is 24.2 Å². The summed E-state index contributed by atoms with van der Waals surface area (Å²) in [6.45, 7) is 5.83. The minimum Gasteiger partial charge on any atom is -0.467 e. The van der Waals surface area contributed by atoms with Gasteiger partial charge in [0.1, 0.15) is 5.76 Å². The first-order valence-corrected chi connectivity index (χ1v) is 6.31. The van der Waals surface area contributed by atoms with Crippen LogP contribution >= 0.6 is 0 Å². The SMILES string of the molecule is CCCNC1CCN(C(C)c2ccco2)C1=O. The molecule has 2 unspecified atom stereocenters. The molecule has 1 N–H and O–H groups in total. The lowest BCUT2D eigenvalue weighted by molar-refractivity contribution is -0.131. The third kappa shape index (κ3) is 2.52. The summed E-state index contributed by atoms with van der Waals surface area (Å²) in [6.07, 6.45) is 3.60. The van der Waals surface area contributed by atoms with Crippen molar-refractivity contribution in [3.8, 4) is 0 Å². The molecule has 1 aliphatic heterocycles. The van der Waals surface area contributed by atoms with Gasteiger partial charge in [-0.05, 0) is 38.4 Å². The normalized spacial score (nSPS) is 22.1. The molecule has 1 fully saturated rings. The second kappa shape index (κ2) is 5.36. The lowest BCUT2D eigenvalue weighted by Gasteiger charge is -2.23. The molecule has 0 saturated carbocycles. The molecule has 1 amide bonds. The Morgan fingerprint density at radius 3 is 3.12 bits per heavy atom. The summed E-state index contributed by atoms with van der Waals surface area (Å²) in [6, 6.07) is 3.81. The van der Waals surface area contributed by atoms with Gasteiger partial charge in [-0.1, -0.05) is 6.92 Å². The monoisotopic (exact) mass is 236 g/mol. The molecule has 0 bridgehead atoms. The maximum atomic E-state index is 12.2. The summed E-state index contributed by atoms with van der Waals surface area (Å²) < 4.78 is 5.36. The second-order valence-corrected chi connectivity index (χ2v) is 4.52. The third-order valence-corrected chi connectivity index (χ3v) is 3.30. The van der Waals surface area contributed by atoms with Gasteiger partial charge in [-0.2, -0.15) is 0 Å². The van der Waals surface area contributed by atoms with Crippen molar-refractivity contribution in [2.75, 3.05) is 13.1 Å². The Bertz CT molecular complexity index is 362. The van der Waals surface area contributed by atoms with Crippen LogP contribution in [0.3, 0.4) is 0 Å². The number of likely N-dealkylation sites (tertiary alicyclic amines) is 1. The van der Waals surface area contributed by atoms with Crippen LogP contribution in [0.2, 0.25) is 0 Å². The van der Waals surface area contributed by atoms with Crippen LogP contribution in [0.4, 0.5) is 0 Å². The van der Waals surface area contributed by atoms with E-state index in [0.717, 1.165) is 31.7 Å². The molecule has 0 aromatic carbocycles. The van der Waals surface area contributed by atoms with Crippen molar-refractivity contribution < 1.29 is 9.21 Å². The Labute approximate surface area is 102 Å². The van der Waals surface area contributed by atoms with Crippen molar-refractivity contribution >= 4 is 5.91 Å². The van der Waals surface area contributed by atoms with Crippen molar-refractivity contribution in [3.63, 3.8) is 0 Å². The maximum absolute atomic E-state index is 12.2. The third-order valence-electron chi connectivity index (χ3n) is 3.30. The van der Waals surface area contributed by atoms with E-state index in [0.29, 0.717) is 0 Å². The van der Waals surface area contributed by atoms with Gasteiger partial charge in [-0.15, -0.1) is 0 Å². The fourth-order valence-corrected chi connectivity index (χ4v) is 2.28. The predicted molar refractivity (Wildman–Crippen MR) is 65.5 cm³/mol. The summed E-state index contributed by atoms with van der Waals surface area (Å²) in [5, 5.41) is 3.29. The van der Waals surface area contributed by atoms with Crippen LogP contribution in [0.5, 0.6) is 0 Å². The number of amides is 1. The van der Waals surface area contributed by atoms with Crippen LogP contribution in [-0.4, -0.2) is 29.9 Å². The zero-order valence-corrected chi connectivity index (χ0v) is 10.5. The highest BCUT2D eigenvalue weighted by molar-refractivity contribution is 5.84. The molecular weight excluding hydrogens is 216 g/mol. The fourth-order valence-electron chi connectivity index (χ4n) is 2.28. The van der Waals surface area contributed by atoms with E-state index < -0.39 is 0 Å². The van der Waals surface area contributed by atoms with E-state index in [-0.39, 0.29) is 18.0 Å².